The predicted octanol–water partition coefficient (Wildman–Crippen LogP) is 4.62. The van der Waals surface area contributed by atoms with E-state index in [0.717, 1.165) is 21.0 Å². The number of carbonyl (C=O) groups is 2. The number of sulfonamides is 1. The molecule has 3 aromatic carbocycles. The van der Waals surface area contributed by atoms with Crippen molar-refractivity contribution in [1.29, 1.82) is 0 Å². The Morgan fingerprint density at radius 1 is 0.912 bits per heavy atom. The Kier molecular flexibility index (Phi) is 7.73. The summed E-state index contributed by atoms with van der Waals surface area (Å²) in [6.45, 7) is 7.01. The number of hydrogen-bond donors (Lipinski definition) is 1. The first-order chi connectivity index (χ1) is 16.1. The summed E-state index contributed by atoms with van der Waals surface area (Å²) in [5, 5.41) is 2.75. The van der Waals surface area contributed by atoms with E-state index in [1.165, 1.54) is 18.2 Å². The van der Waals surface area contributed by atoms with E-state index in [-0.39, 0.29) is 11.5 Å². The SMILES string of the molecule is CCOC(=O)c1ccc(C)c(NC(=O)CN(c2ccc(C)cc2C)S(=O)(=O)c2ccccc2)c1. The van der Waals surface area contributed by atoms with Crippen molar-refractivity contribution in [2.24, 2.45) is 0 Å². The molecule has 0 aliphatic carbocycles. The summed E-state index contributed by atoms with van der Waals surface area (Å²) in [6.07, 6.45) is 0. The van der Waals surface area contributed by atoms with Crippen LogP contribution in [0.2, 0.25) is 0 Å². The van der Waals surface area contributed by atoms with Crippen molar-refractivity contribution in [2.45, 2.75) is 32.6 Å². The number of hydrogen-bond acceptors (Lipinski definition) is 5. The van der Waals surface area contributed by atoms with E-state index in [0.29, 0.717) is 16.9 Å². The molecule has 0 spiro atoms. The molecule has 178 valence electrons. The fourth-order valence-corrected chi connectivity index (χ4v) is 5.03. The van der Waals surface area contributed by atoms with E-state index in [4.69, 9.17) is 4.74 Å². The van der Waals surface area contributed by atoms with Crippen LogP contribution in [0.25, 0.3) is 0 Å². The van der Waals surface area contributed by atoms with Crippen molar-refractivity contribution < 1.29 is 22.7 Å². The van der Waals surface area contributed by atoms with Crippen LogP contribution < -0.4 is 9.62 Å². The lowest BCUT2D eigenvalue weighted by molar-refractivity contribution is -0.114. The zero-order valence-corrected chi connectivity index (χ0v) is 20.5. The molecule has 0 aromatic heterocycles. The van der Waals surface area contributed by atoms with Gasteiger partial charge in [0.25, 0.3) is 10.0 Å². The molecule has 0 bridgehead atoms. The molecule has 1 N–H and O–H groups in total. The fraction of sp³-hybridized carbons (Fsp3) is 0.231. The normalized spacial score (nSPS) is 11.1. The average molecular weight is 481 g/mol. The van der Waals surface area contributed by atoms with Crippen LogP contribution in [0.3, 0.4) is 0 Å². The van der Waals surface area contributed by atoms with E-state index >= 15 is 0 Å². The minimum atomic E-state index is -4.02. The molecule has 7 nitrogen and oxygen atoms in total. The van der Waals surface area contributed by atoms with E-state index in [9.17, 15) is 18.0 Å². The zero-order chi connectivity index (χ0) is 24.9. The molecule has 0 unspecified atom stereocenters. The van der Waals surface area contributed by atoms with Crippen LogP contribution in [0.15, 0.2) is 71.6 Å². The summed E-state index contributed by atoms with van der Waals surface area (Å²) >= 11 is 0. The molecule has 34 heavy (non-hydrogen) atoms. The summed E-state index contributed by atoms with van der Waals surface area (Å²) < 4.78 is 33.2. The first-order valence-corrected chi connectivity index (χ1v) is 12.3. The van der Waals surface area contributed by atoms with E-state index < -0.39 is 28.4 Å². The third-order valence-electron chi connectivity index (χ3n) is 5.26. The van der Waals surface area contributed by atoms with Crippen LogP contribution in [-0.4, -0.2) is 33.4 Å². The van der Waals surface area contributed by atoms with Gasteiger partial charge in [-0.25, -0.2) is 13.2 Å². The van der Waals surface area contributed by atoms with Crippen molar-refractivity contribution in [3.63, 3.8) is 0 Å². The number of ether oxygens (including phenoxy) is 1. The maximum atomic E-state index is 13.5. The molecule has 8 heteroatoms. The zero-order valence-electron chi connectivity index (χ0n) is 19.7. The third-order valence-corrected chi connectivity index (χ3v) is 7.04. The number of carbonyl (C=O) groups excluding carboxylic acids is 2. The van der Waals surface area contributed by atoms with E-state index in [1.54, 1.807) is 63.2 Å². The smallest absolute Gasteiger partial charge is 0.338 e. The number of rotatable bonds is 8. The minimum Gasteiger partial charge on any atom is -0.462 e. The fourth-order valence-electron chi connectivity index (χ4n) is 3.52. The molecule has 0 atom stereocenters. The van der Waals surface area contributed by atoms with Crippen molar-refractivity contribution in [3.8, 4) is 0 Å². The molecule has 1 amide bonds. The molecule has 3 aromatic rings. The highest BCUT2D eigenvalue weighted by molar-refractivity contribution is 7.92. The van der Waals surface area contributed by atoms with Crippen LogP contribution in [0, 0.1) is 20.8 Å². The van der Waals surface area contributed by atoms with E-state index in [1.807, 2.05) is 13.0 Å². The summed E-state index contributed by atoms with van der Waals surface area (Å²) in [4.78, 5) is 25.3. The lowest BCUT2D eigenvalue weighted by Gasteiger charge is -2.26. The first kappa shape index (κ1) is 25.0. The lowest BCUT2D eigenvalue weighted by atomic mass is 10.1. The maximum absolute atomic E-state index is 13.5. The lowest BCUT2D eigenvalue weighted by Crippen LogP contribution is -2.38. The Labute approximate surface area is 200 Å². The second kappa shape index (κ2) is 10.5. The highest BCUT2D eigenvalue weighted by Gasteiger charge is 2.28. The number of esters is 1. The van der Waals surface area contributed by atoms with Gasteiger partial charge in [-0.2, -0.15) is 0 Å². The Hall–Kier alpha value is -3.65. The number of nitrogens with one attached hydrogen (secondary N) is 1. The second-order valence-corrected chi connectivity index (χ2v) is 9.78. The van der Waals surface area contributed by atoms with Crippen LogP contribution in [-0.2, 0) is 19.6 Å². The van der Waals surface area contributed by atoms with Gasteiger partial charge >= 0.3 is 5.97 Å². The molecule has 0 fully saturated rings. The summed E-state index contributed by atoms with van der Waals surface area (Å²) in [7, 11) is -4.02. The van der Waals surface area contributed by atoms with Gasteiger partial charge in [-0.15, -0.1) is 0 Å². The van der Waals surface area contributed by atoms with Gasteiger partial charge in [0.15, 0.2) is 0 Å². The number of anilines is 2. The second-order valence-electron chi connectivity index (χ2n) is 7.91. The highest BCUT2D eigenvalue weighted by atomic mass is 32.2. The number of benzene rings is 3. The maximum Gasteiger partial charge on any atom is 0.338 e. The van der Waals surface area contributed by atoms with Gasteiger partial charge in [0.2, 0.25) is 5.91 Å². The molecule has 0 saturated heterocycles. The van der Waals surface area contributed by atoms with Crippen molar-refractivity contribution in [3.05, 3.63) is 89.0 Å². The molecule has 3 rings (SSSR count). The molecule has 0 saturated carbocycles. The molecule has 0 aliphatic heterocycles. The predicted molar refractivity (Wildman–Crippen MR) is 133 cm³/mol. The van der Waals surface area contributed by atoms with Gasteiger partial charge in [0.05, 0.1) is 22.8 Å². The third kappa shape index (κ3) is 5.63. The molecular formula is C26H28N2O5S. The van der Waals surface area contributed by atoms with Crippen molar-refractivity contribution in [1.82, 2.24) is 0 Å². The molecule has 0 aliphatic rings. The van der Waals surface area contributed by atoms with Gasteiger partial charge in [0.1, 0.15) is 6.54 Å². The topological polar surface area (TPSA) is 92.8 Å². The largest absolute Gasteiger partial charge is 0.462 e. The van der Waals surface area contributed by atoms with Gasteiger partial charge in [0, 0.05) is 5.69 Å². The van der Waals surface area contributed by atoms with Crippen molar-refractivity contribution >= 4 is 33.3 Å². The standard InChI is InChI=1S/C26H28N2O5S/c1-5-33-26(30)21-13-12-19(3)23(16-21)27-25(29)17-28(24-14-11-18(2)15-20(24)4)34(31,32)22-9-7-6-8-10-22/h6-16H,5,17H2,1-4H3,(H,27,29). The van der Waals surface area contributed by atoms with E-state index in [2.05, 4.69) is 5.32 Å². The average Bonchev–Trinajstić information content (AvgIpc) is 2.80. The minimum absolute atomic E-state index is 0.0864. The Bertz CT molecular complexity index is 1300. The quantitative estimate of drug-likeness (QED) is 0.475. The molecular weight excluding hydrogens is 452 g/mol. The summed E-state index contributed by atoms with van der Waals surface area (Å²) in [5.74, 6) is -1.04. The number of nitrogens with zero attached hydrogens (tertiary/aromatic N) is 1. The van der Waals surface area contributed by atoms with Crippen LogP contribution in [0.1, 0.15) is 34.0 Å². The van der Waals surface area contributed by atoms with Gasteiger partial charge < -0.3 is 10.1 Å². The van der Waals surface area contributed by atoms with Crippen molar-refractivity contribution in [2.75, 3.05) is 22.8 Å². The summed E-state index contributed by atoms with van der Waals surface area (Å²) in [5.41, 5.74) is 3.56. The Morgan fingerprint density at radius 3 is 2.26 bits per heavy atom. The van der Waals surface area contributed by atoms with Gasteiger partial charge in [-0.05, 0) is 69.2 Å². The van der Waals surface area contributed by atoms with Crippen LogP contribution in [0.5, 0.6) is 0 Å². The Morgan fingerprint density at radius 2 is 1.62 bits per heavy atom. The van der Waals surface area contributed by atoms with Gasteiger partial charge in [-0.1, -0.05) is 42.0 Å². The molecule has 0 radical (unpaired) electrons. The number of amides is 1. The van der Waals surface area contributed by atoms with Crippen LogP contribution in [0.4, 0.5) is 11.4 Å². The van der Waals surface area contributed by atoms with Gasteiger partial charge in [-0.3, -0.25) is 9.10 Å². The summed E-state index contributed by atoms with van der Waals surface area (Å²) in [6, 6.07) is 18.2. The molecule has 0 heterocycles. The Balaban J connectivity index is 1.95. The monoisotopic (exact) mass is 480 g/mol. The van der Waals surface area contributed by atoms with Crippen LogP contribution >= 0.6 is 0 Å². The number of aryl methyl sites for hydroxylation is 3. The highest BCUT2D eigenvalue weighted by Crippen LogP contribution is 2.28. The first-order valence-electron chi connectivity index (χ1n) is 10.9.